The van der Waals surface area contributed by atoms with Gasteiger partial charge in [-0.25, -0.2) is 0 Å². The first kappa shape index (κ1) is 16.9. The lowest BCUT2D eigenvalue weighted by molar-refractivity contribution is -0.172. The van der Waals surface area contributed by atoms with Crippen LogP contribution in [0, 0.1) is 5.41 Å². The third-order valence-corrected chi connectivity index (χ3v) is 4.12. The van der Waals surface area contributed by atoms with Gasteiger partial charge in [0, 0.05) is 13.1 Å². The number of carbonyl (C=O) groups excluding carboxylic acids is 1. The van der Waals surface area contributed by atoms with Crippen molar-refractivity contribution in [3.63, 3.8) is 0 Å². The zero-order chi connectivity index (χ0) is 16.4. The molecule has 1 aromatic carbocycles. The Morgan fingerprint density at radius 1 is 1.41 bits per heavy atom. The summed E-state index contributed by atoms with van der Waals surface area (Å²) in [6.07, 6.45) is -0.0422. The molecule has 5 heteroatoms. The number of rotatable bonds is 4. The second-order valence-corrected chi connectivity index (χ2v) is 6.97. The Labute approximate surface area is 132 Å². The number of nitrogens with zero attached hydrogens (tertiary/aromatic N) is 1. The molecule has 22 heavy (non-hydrogen) atoms. The summed E-state index contributed by atoms with van der Waals surface area (Å²) in [7, 11) is 0. The minimum atomic E-state index is -1.04. The third-order valence-electron chi connectivity index (χ3n) is 4.12. The van der Waals surface area contributed by atoms with E-state index in [2.05, 4.69) is 0 Å². The van der Waals surface area contributed by atoms with Crippen LogP contribution in [0.3, 0.4) is 0 Å². The Hall–Kier alpha value is -1.43. The standard InChI is InChI=1S/C17H26N2O3/c1-16(2,3)22-15(21)17(12-20)9-10-19(14(17)18)11-13-7-5-4-6-8-13/h4-8,14,20H,9-12,18H2,1-3H3. The number of aliphatic hydroxyl groups is 1. The predicted octanol–water partition coefficient (Wildman–Crippen LogP) is 1.50. The smallest absolute Gasteiger partial charge is 0.317 e. The van der Waals surface area contributed by atoms with E-state index in [0.717, 1.165) is 5.56 Å². The maximum Gasteiger partial charge on any atom is 0.317 e. The minimum absolute atomic E-state index is 0.297. The number of hydrogen-bond donors (Lipinski definition) is 2. The van der Waals surface area contributed by atoms with Crippen molar-refractivity contribution in [1.29, 1.82) is 0 Å². The van der Waals surface area contributed by atoms with Crippen LogP contribution in [0.5, 0.6) is 0 Å². The van der Waals surface area contributed by atoms with E-state index in [0.29, 0.717) is 19.5 Å². The van der Waals surface area contributed by atoms with Gasteiger partial charge >= 0.3 is 5.97 Å². The van der Waals surface area contributed by atoms with E-state index in [4.69, 9.17) is 10.5 Å². The van der Waals surface area contributed by atoms with Gasteiger partial charge in [-0.2, -0.15) is 0 Å². The monoisotopic (exact) mass is 306 g/mol. The zero-order valence-corrected chi connectivity index (χ0v) is 13.6. The molecule has 1 saturated heterocycles. The molecular weight excluding hydrogens is 280 g/mol. The highest BCUT2D eigenvalue weighted by atomic mass is 16.6. The van der Waals surface area contributed by atoms with Crippen molar-refractivity contribution < 1.29 is 14.6 Å². The van der Waals surface area contributed by atoms with Crippen LogP contribution in [0.15, 0.2) is 30.3 Å². The van der Waals surface area contributed by atoms with E-state index >= 15 is 0 Å². The second kappa shape index (κ2) is 6.36. The highest BCUT2D eigenvalue weighted by molar-refractivity contribution is 5.78. The highest BCUT2D eigenvalue weighted by Crippen LogP contribution is 2.37. The van der Waals surface area contributed by atoms with E-state index < -0.39 is 23.2 Å². The van der Waals surface area contributed by atoms with Crippen molar-refractivity contribution >= 4 is 5.97 Å². The molecule has 1 fully saturated rings. The zero-order valence-electron chi connectivity index (χ0n) is 13.6. The van der Waals surface area contributed by atoms with Crippen LogP contribution in [0.4, 0.5) is 0 Å². The molecule has 3 N–H and O–H groups in total. The largest absolute Gasteiger partial charge is 0.459 e. The Morgan fingerprint density at radius 2 is 2.05 bits per heavy atom. The quantitative estimate of drug-likeness (QED) is 0.825. The summed E-state index contributed by atoms with van der Waals surface area (Å²) in [6.45, 7) is 6.48. The van der Waals surface area contributed by atoms with E-state index in [9.17, 15) is 9.90 Å². The Balaban J connectivity index is 2.13. The van der Waals surface area contributed by atoms with E-state index in [1.54, 1.807) is 0 Å². The summed E-state index contributed by atoms with van der Waals surface area (Å²) >= 11 is 0. The molecule has 1 heterocycles. The molecule has 122 valence electrons. The lowest BCUT2D eigenvalue weighted by atomic mass is 9.85. The van der Waals surface area contributed by atoms with Gasteiger partial charge in [-0.1, -0.05) is 30.3 Å². The van der Waals surface area contributed by atoms with Gasteiger partial charge in [-0.15, -0.1) is 0 Å². The number of likely N-dealkylation sites (tertiary alicyclic amines) is 1. The number of esters is 1. The maximum atomic E-state index is 12.5. The third kappa shape index (κ3) is 3.48. The fourth-order valence-corrected chi connectivity index (χ4v) is 2.81. The summed E-state index contributed by atoms with van der Waals surface area (Å²) in [4.78, 5) is 14.6. The lowest BCUT2D eigenvalue weighted by Gasteiger charge is -2.34. The summed E-state index contributed by atoms with van der Waals surface area (Å²) in [5, 5.41) is 9.83. The Bertz CT molecular complexity index is 512. The average molecular weight is 306 g/mol. The summed E-state index contributed by atoms with van der Waals surface area (Å²) < 4.78 is 5.48. The topological polar surface area (TPSA) is 75.8 Å². The number of benzene rings is 1. The molecule has 5 nitrogen and oxygen atoms in total. The van der Waals surface area contributed by atoms with E-state index in [1.807, 2.05) is 56.0 Å². The molecule has 0 aliphatic carbocycles. The first-order valence-corrected chi connectivity index (χ1v) is 7.66. The van der Waals surface area contributed by atoms with Crippen LogP contribution in [-0.2, 0) is 16.1 Å². The summed E-state index contributed by atoms with van der Waals surface area (Å²) in [5.74, 6) is -0.412. The number of nitrogens with two attached hydrogens (primary N) is 1. The molecule has 0 radical (unpaired) electrons. The van der Waals surface area contributed by atoms with Crippen LogP contribution in [0.1, 0.15) is 32.8 Å². The van der Waals surface area contributed by atoms with E-state index in [-0.39, 0.29) is 6.61 Å². The molecule has 0 aromatic heterocycles. The molecule has 1 aliphatic rings. The molecule has 0 amide bonds. The molecule has 2 atom stereocenters. The molecular formula is C17H26N2O3. The Kier molecular flexibility index (Phi) is 4.90. The van der Waals surface area contributed by atoms with Crippen LogP contribution in [0.25, 0.3) is 0 Å². The molecule has 1 aliphatic heterocycles. The highest BCUT2D eigenvalue weighted by Gasteiger charge is 2.52. The number of carbonyl (C=O) groups is 1. The molecule has 2 unspecified atom stereocenters. The first-order chi connectivity index (χ1) is 10.3. The van der Waals surface area contributed by atoms with Gasteiger partial charge in [-0.05, 0) is 32.8 Å². The van der Waals surface area contributed by atoms with Gasteiger partial charge in [0.2, 0.25) is 0 Å². The van der Waals surface area contributed by atoms with Crippen LogP contribution in [0.2, 0.25) is 0 Å². The fourth-order valence-electron chi connectivity index (χ4n) is 2.81. The number of hydrogen-bond acceptors (Lipinski definition) is 5. The van der Waals surface area contributed by atoms with Crippen LogP contribution >= 0.6 is 0 Å². The predicted molar refractivity (Wildman–Crippen MR) is 84.8 cm³/mol. The Morgan fingerprint density at radius 3 is 2.59 bits per heavy atom. The molecule has 0 bridgehead atoms. The lowest BCUT2D eigenvalue weighted by Crippen LogP contribution is -2.54. The van der Waals surface area contributed by atoms with E-state index in [1.165, 1.54) is 0 Å². The minimum Gasteiger partial charge on any atom is -0.459 e. The number of ether oxygens (including phenoxy) is 1. The van der Waals surface area contributed by atoms with Crippen molar-refractivity contribution in [1.82, 2.24) is 4.90 Å². The van der Waals surface area contributed by atoms with Crippen molar-refractivity contribution in [3.05, 3.63) is 35.9 Å². The van der Waals surface area contributed by atoms with Crippen LogP contribution < -0.4 is 5.73 Å². The average Bonchev–Trinajstić information content (AvgIpc) is 2.76. The first-order valence-electron chi connectivity index (χ1n) is 7.66. The van der Waals surface area contributed by atoms with Gasteiger partial charge in [-0.3, -0.25) is 9.69 Å². The molecule has 0 saturated carbocycles. The summed E-state index contributed by atoms with van der Waals surface area (Å²) in [6, 6.07) is 9.97. The normalized spacial score (nSPS) is 26.1. The van der Waals surface area contributed by atoms with Crippen molar-refractivity contribution in [2.75, 3.05) is 13.2 Å². The second-order valence-electron chi connectivity index (χ2n) is 6.97. The SMILES string of the molecule is CC(C)(C)OC(=O)C1(CO)CCN(Cc2ccccc2)C1N. The molecule has 0 spiro atoms. The molecule has 1 aromatic rings. The van der Waals surface area contributed by atoms with Gasteiger partial charge in [0.1, 0.15) is 11.0 Å². The van der Waals surface area contributed by atoms with Crippen molar-refractivity contribution in [2.24, 2.45) is 11.1 Å². The fraction of sp³-hybridized carbons (Fsp3) is 0.588. The number of aliphatic hydroxyl groups excluding tert-OH is 1. The van der Waals surface area contributed by atoms with Crippen LogP contribution in [-0.4, -0.2) is 40.9 Å². The van der Waals surface area contributed by atoms with Gasteiger partial charge in [0.25, 0.3) is 0 Å². The molecule has 2 rings (SSSR count). The maximum absolute atomic E-state index is 12.5. The van der Waals surface area contributed by atoms with Crippen molar-refractivity contribution in [2.45, 2.75) is 45.5 Å². The van der Waals surface area contributed by atoms with Gasteiger partial charge < -0.3 is 15.6 Å². The van der Waals surface area contributed by atoms with Gasteiger partial charge in [0.15, 0.2) is 0 Å². The van der Waals surface area contributed by atoms with Crippen molar-refractivity contribution in [3.8, 4) is 0 Å². The van der Waals surface area contributed by atoms with Gasteiger partial charge in [0.05, 0.1) is 12.8 Å². The summed E-state index contributed by atoms with van der Waals surface area (Å²) in [5.41, 5.74) is 5.81.